The van der Waals surface area contributed by atoms with Gasteiger partial charge in [0.25, 0.3) is 17.4 Å². The van der Waals surface area contributed by atoms with Crippen LogP contribution < -0.4 is 5.32 Å². The summed E-state index contributed by atoms with van der Waals surface area (Å²) in [5, 5.41) is 23.8. The fourth-order valence-corrected chi connectivity index (χ4v) is 2.83. The Morgan fingerprint density at radius 2 is 1.68 bits per heavy atom. The van der Waals surface area contributed by atoms with E-state index in [1.807, 2.05) is 0 Å². The van der Waals surface area contributed by atoms with Crippen molar-refractivity contribution in [1.29, 1.82) is 0 Å². The molecule has 1 heterocycles. The maximum Gasteiger partial charge on any atom is 0.293 e. The number of aliphatic hydroxyl groups excluding tert-OH is 1. The number of nitrogens with one attached hydrogen (secondary N) is 1. The third-order valence-corrected chi connectivity index (χ3v) is 4.35. The van der Waals surface area contributed by atoms with E-state index in [2.05, 4.69) is 21.2 Å². The number of nitro groups is 1. The molecule has 126 valence electrons. The number of Topliss-reactive ketones (excluding diaryl/α,β-unsaturated/α-hetero) is 1. The van der Waals surface area contributed by atoms with E-state index in [4.69, 9.17) is 0 Å². The quantitative estimate of drug-likeness (QED) is 0.269. The third-order valence-electron chi connectivity index (χ3n) is 3.82. The van der Waals surface area contributed by atoms with Crippen LogP contribution in [0.25, 0.3) is 5.76 Å². The number of nitro benzene ring substituents is 1. The summed E-state index contributed by atoms with van der Waals surface area (Å²) in [6.07, 6.45) is 0. The Morgan fingerprint density at radius 1 is 1.08 bits per heavy atom. The van der Waals surface area contributed by atoms with E-state index in [1.165, 1.54) is 24.3 Å². The lowest BCUT2D eigenvalue weighted by atomic mass is 9.96. The van der Waals surface area contributed by atoms with Crippen LogP contribution in [0.4, 0.5) is 5.69 Å². The number of benzene rings is 2. The molecular weight excluding hydrogens is 392 g/mol. The van der Waals surface area contributed by atoms with Gasteiger partial charge in [-0.25, -0.2) is 0 Å². The minimum atomic E-state index is -0.871. The lowest BCUT2D eigenvalue weighted by Crippen LogP contribution is -2.21. The van der Waals surface area contributed by atoms with Crippen molar-refractivity contribution in [3.05, 3.63) is 79.8 Å². The van der Waals surface area contributed by atoms with E-state index in [-0.39, 0.29) is 17.0 Å². The van der Waals surface area contributed by atoms with Crippen molar-refractivity contribution in [2.24, 2.45) is 0 Å². The van der Waals surface area contributed by atoms with Crippen LogP contribution in [0.2, 0.25) is 0 Å². The Balaban J connectivity index is 2.07. The first kappa shape index (κ1) is 16.8. The van der Waals surface area contributed by atoms with Gasteiger partial charge in [-0.3, -0.25) is 19.7 Å². The first-order chi connectivity index (χ1) is 11.9. The fraction of sp³-hybridized carbons (Fsp3) is 0.0588. The van der Waals surface area contributed by atoms with E-state index in [1.54, 1.807) is 24.3 Å². The van der Waals surface area contributed by atoms with Gasteiger partial charge in [-0.05, 0) is 29.8 Å². The van der Waals surface area contributed by atoms with Gasteiger partial charge in [0.05, 0.1) is 16.5 Å². The summed E-state index contributed by atoms with van der Waals surface area (Å²) in [5.41, 5.74) is 0.654. The molecule has 2 N–H and O–H groups in total. The topological polar surface area (TPSA) is 110 Å². The molecule has 1 unspecified atom stereocenters. The predicted molar refractivity (Wildman–Crippen MR) is 92.7 cm³/mol. The van der Waals surface area contributed by atoms with Gasteiger partial charge in [0.1, 0.15) is 5.76 Å². The van der Waals surface area contributed by atoms with Crippen LogP contribution in [0.5, 0.6) is 0 Å². The molecule has 1 atom stereocenters. The maximum absolute atomic E-state index is 12.2. The summed E-state index contributed by atoms with van der Waals surface area (Å²) in [6, 6.07) is 11.2. The number of amides is 1. The molecule has 3 rings (SSSR count). The Kier molecular flexibility index (Phi) is 4.37. The Morgan fingerprint density at radius 3 is 2.24 bits per heavy atom. The van der Waals surface area contributed by atoms with Gasteiger partial charge in [0.15, 0.2) is 0 Å². The minimum Gasteiger partial charge on any atom is -0.507 e. The van der Waals surface area contributed by atoms with Gasteiger partial charge >= 0.3 is 0 Å². The number of non-ortho nitro benzene ring substituents is 1. The number of hydrogen-bond acceptors (Lipinski definition) is 5. The molecule has 1 saturated heterocycles. The van der Waals surface area contributed by atoms with Crippen molar-refractivity contribution < 1.29 is 19.6 Å². The third kappa shape index (κ3) is 3.16. The number of hydrogen-bond donors (Lipinski definition) is 2. The lowest BCUT2D eigenvalue weighted by molar-refractivity contribution is -0.384. The molecule has 2 aromatic rings. The van der Waals surface area contributed by atoms with Gasteiger partial charge in [0.2, 0.25) is 0 Å². The van der Waals surface area contributed by atoms with Gasteiger partial charge < -0.3 is 10.4 Å². The van der Waals surface area contributed by atoms with E-state index >= 15 is 0 Å². The van der Waals surface area contributed by atoms with Crippen molar-refractivity contribution in [1.82, 2.24) is 5.32 Å². The molecule has 2 aromatic carbocycles. The van der Waals surface area contributed by atoms with Crippen LogP contribution in [-0.4, -0.2) is 21.7 Å². The highest BCUT2D eigenvalue weighted by Gasteiger charge is 2.39. The maximum atomic E-state index is 12.2. The van der Waals surface area contributed by atoms with Crippen LogP contribution in [-0.2, 0) is 9.59 Å². The second-order valence-electron chi connectivity index (χ2n) is 5.35. The summed E-state index contributed by atoms with van der Waals surface area (Å²) in [4.78, 5) is 34.2. The monoisotopic (exact) mass is 402 g/mol. The molecule has 1 aliphatic heterocycles. The summed E-state index contributed by atoms with van der Waals surface area (Å²) in [5.74, 6) is -1.97. The fourth-order valence-electron chi connectivity index (χ4n) is 2.57. The molecule has 8 heteroatoms. The normalized spacial score (nSPS) is 18.8. The number of carbonyl (C=O) groups is 2. The second-order valence-corrected chi connectivity index (χ2v) is 6.27. The average molecular weight is 403 g/mol. The van der Waals surface area contributed by atoms with E-state index in [0.717, 1.165) is 4.47 Å². The SMILES string of the molecule is O=C1NC(c2ccc([N+](=O)[O-])cc2)C(=C(O)c2ccc(Br)cc2)C1=O. The van der Waals surface area contributed by atoms with Crippen molar-refractivity contribution >= 4 is 39.1 Å². The van der Waals surface area contributed by atoms with Gasteiger partial charge in [-0.1, -0.05) is 28.1 Å². The summed E-state index contributed by atoms with van der Waals surface area (Å²) >= 11 is 3.28. The molecular formula is C17H11BrN2O5. The largest absolute Gasteiger partial charge is 0.507 e. The number of nitrogens with zero attached hydrogens (tertiary/aromatic N) is 1. The highest BCUT2D eigenvalue weighted by Crippen LogP contribution is 2.33. The van der Waals surface area contributed by atoms with Crippen molar-refractivity contribution in [3.63, 3.8) is 0 Å². The highest BCUT2D eigenvalue weighted by atomic mass is 79.9. The molecule has 0 aromatic heterocycles. The molecule has 25 heavy (non-hydrogen) atoms. The molecule has 1 amide bonds. The zero-order chi connectivity index (χ0) is 18.1. The Labute approximate surface area is 150 Å². The molecule has 1 fully saturated rings. The second kappa shape index (κ2) is 6.48. The van der Waals surface area contributed by atoms with Crippen LogP contribution in [0.15, 0.2) is 58.6 Å². The smallest absolute Gasteiger partial charge is 0.293 e. The molecule has 0 radical (unpaired) electrons. The van der Waals surface area contributed by atoms with E-state index < -0.39 is 22.7 Å². The number of ketones is 1. The number of carbonyl (C=O) groups excluding carboxylic acids is 2. The zero-order valence-electron chi connectivity index (χ0n) is 12.6. The van der Waals surface area contributed by atoms with Crippen LogP contribution in [0, 0.1) is 10.1 Å². The Hall–Kier alpha value is -3.00. The number of aliphatic hydroxyl groups is 1. The van der Waals surface area contributed by atoms with E-state index in [0.29, 0.717) is 11.1 Å². The summed E-state index contributed by atoms with van der Waals surface area (Å²) in [6.45, 7) is 0. The standard InChI is InChI=1S/C17H11BrN2O5/c18-11-5-1-10(2-6-11)15(21)13-14(19-17(23)16(13)22)9-3-7-12(8-4-9)20(24)25/h1-8,14,21H,(H,19,23). The highest BCUT2D eigenvalue weighted by molar-refractivity contribution is 9.10. The van der Waals surface area contributed by atoms with Gasteiger partial charge in [-0.15, -0.1) is 0 Å². The molecule has 0 bridgehead atoms. The lowest BCUT2D eigenvalue weighted by Gasteiger charge is -2.13. The van der Waals surface area contributed by atoms with Crippen molar-refractivity contribution in [3.8, 4) is 0 Å². The van der Waals surface area contributed by atoms with Crippen LogP contribution >= 0.6 is 15.9 Å². The number of halogens is 1. The van der Waals surface area contributed by atoms with Crippen molar-refractivity contribution in [2.45, 2.75) is 6.04 Å². The first-order valence-corrected chi connectivity index (χ1v) is 7.96. The average Bonchev–Trinajstić information content (AvgIpc) is 2.90. The minimum absolute atomic E-state index is 0.0822. The summed E-state index contributed by atoms with van der Waals surface area (Å²) in [7, 11) is 0. The summed E-state index contributed by atoms with van der Waals surface area (Å²) < 4.78 is 0.799. The molecule has 0 aliphatic carbocycles. The molecule has 1 aliphatic rings. The van der Waals surface area contributed by atoms with E-state index in [9.17, 15) is 24.8 Å². The zero-order valence-corrected chi connectivity index (χ0v) is 14.2. The predicted octanol–water partition coefficient (Wildman–Crippen LogP) is 3.07. The van der Waals surface area contributed by atoms with Gasteiger partial charge in [0, 0.05) is 22.2 Å². The molecule has 7 nitrogen and oxygen atoms in total. The number of rotatable bonds is 3. The molecule has 0 saturated carbocycles. The van der Waals surface area contributed by atoms with Gasteiger partial charge in [-0.2, -0.15) is 0 Å². The van der Waals surface area contributed by atoms with Crippen LogP contribution in [0.1, 0.15) is 17.2 Å². The molecule has 0 spiro atoms. The van der Waals surface area contributed by atoms with Crippen molar-refractivity contribution in [2.75, 3.05) is 0 Å². The van der Waals surface area contributed by atoms with Crippen LogP contribution in [0.3, 0.4) is 0 Å². The first-order valence-electron chi connectivity index (χ1n) is 7.17. The Bertz CT molecular complexity index is 904.